The summed E-state index contributed by atoms with van der Waals surface area (Å²) in [4.78, 5) is 0. The summed E-state index contributed by atoms with van der Waals surface area (Å²) >= 11 is 0. The van der Waals surface area contributed by atoms with Gasteiger partial charge in [-0.05, 0) is 0 Å². The van der Waals surface area contributed by atoms with Crippen LogP contribution in [-0.2, 0) is 6.54 Å². The van der Waals surface area contributed by atoms with Gasteiger partial charge in [-0.15, -0.1) is 17.0 Å². The van der Waals surface area contributed by atoms with Crippen LogP contribution in [0.25, 0.3) is 0 Å². The molecule has 0 saturated heterocycles. The van der Waals surface area contributed by atoms with Gasteiger partial charge in [0.1, 0.15) is 0 Å². The van der Waals surface area contributed by atoms with Gasteiger partial charge in [0.2, 0.25) is 0 Å². The lowest BCUT2D eigenvalue weighted by Crippen LogP contribution is -2.33. The van der Waals surface area contributed by atoms with Crippen LogP contribution < -0.4 is 10.3 Å². The predicted octanol–water partition coefficient (Wildman–Crippen LogP) is 2.18. The van der Waals surface area contributed by atoms with Gasteiger partial charge in [-0.2, -0.15) is 0 Å². The Hall–Kier alpha value is -1.35. The zero-order valence-corrected chi connectivity index (χ0v) is 10.0. The number of nitrogens with two attached hydrogens (primary N) is 1. The molecular weight excluding hydrogens is 252 g/mol. The van der Waals surface area contributed by atoms with E-state index in [9.17, 15) is 0 Å². The Labute approximate surface area is 100 Å². The summed E-state index contributed by atoms with van der Waals surface area (Å²) in [5.74, 6) is 0. The van der Waals surface area contributed by atoms with Crippen LogP contribution in [0.15, 0.2) is 54.9 Å². The summed E-state index contributed by atoms with van der Waals surface area (Å²) in [6.07, 6.45) is 3.98. The summed E-state index contributed by atoms with van der Waals surface area (Å²) in [6, 6.07) is 14.2. The molecule has 0 radical (unpaired) electrons. The summed E-state index contributed by atoms with van der Waals surface area (Å²) in [7, 11) is 0. The van der Waals surface area contributed by atoms with Gasteiger partial charge in [0, 0.05) is 23.4 Å². The minimum atomic E-state index is 0. The number of nitrogen functional groups attached to an aromatic ring is 1. The van der Waals surface area contributed by atoms with Gasteiger partial charge in [0.05, 0.1) is 0 Å². The van der Waals surface area contributed by atoms with Crippen LogP contribution in [0.3, 0.4) is 0 Å². The minimum absolute atomic E-state index is 0. The highest BCUT2D eigenvalue weighted by Gasteiger charge is 2.00. The van der Waals surface area contributed by atoms with Crippen LogP contribution in [0.1, 0.15) is 5.56 Å². The molecule has 0 spiro atoms. The Kier molecular flexibility index (Phi) is 4.31. The smallest absolute Gasteiger partial charge is 0.173 e. The molecule has 1 aromatic carbocycles. The number of halogens is 1. The van der Waals surface area contributed by atoms with Crippen molar-refractivity contribution in [2.75, 3.05) is 5.73 Å². The molecule has 0 fully saturated rings. The van der Waals surface area contributed by atoms with Crippen LogP contribution >= 0.6 is 17.0 Å². The molecule has 0 amide bonds. The van der Waals surface area contributed by atoms with E-state index in [4.69, 9.17) is 5.73 Å². The van der Waals surface area contributed by atoms with Crippen molar-refractivity contribution in [2.45, 2.75) is 6.54 Å². The van der Waals surface area contributed by atoms with Gasteiger partial charge in [0.15, 0.2) is 18.9 Å². The van der Waals surface area contributed by atoms with E-state index >= 15 is 0 Å². The van der Waals surface area contributed by atoms with E-state index in [2.05, 4.69) is 16.7 Å². The molecule has 0 atom stereocenters. The fourth-order valence-corrected chi connectivity index (χ4v) is 1.37. The van der Waals surface area contributed by atoms with Crippen molar-refractivity contribution in [1.29, 1.82) is 0 Å². The molecule has 0 aliphatic heterocycles. The average Bonchev–Trinajstić information content (AvgIpc) is 2.23. The predicted molar refractivity (Wildman–Crippen MR) is 66.9 cm³/mol. The van der Waals surface area contributed by atoms with Crippen molar-refractivity contribution in [3.63, 3.8) is 0 Å². The molecular formula is C12H14BrN2+. The molecule has 0 unspecified atom stereocenters. The molecule has 78 valence electrons. The Morgan fingerprint density at radius 3 is 2.13 bits per heavy atom. The maximum absolute atomic E-state index is 5.61. The normalized spacial score (nSPS) is 9.33. The van der Waals surface area contributed by atoms with Gasteiger partial charge in [-0.1, -0.05) is 30.3 Å². The van der Waals surface area contributed by atoms with E-state index in [1.165, 1.54) is 5.56 Å². The quantitative estimate of drug-likeness (QED) is 0.830. The molecule has 0 saturated carbocycles. The summed E-state index contributed by atoms with van der Waals surface area (Å²) in [5, 5.41) is 0. The van der Waals surface area contributed by atoms with E-state index in [1.54, 1.807) is 0 Å². The van der Waals surface area contributed by atoms with Crippen molar-refractivity contribution < 1.29 is 4.57 Å². The number of benzene rings is 1. The highest BCUT2D eigenvalue weighted by atomic mass is 79.9. The third kappa shape index (κ3) is 3.36. The van der Waals surface area contributed by atoms with E-state index < -0.39 is 0 Å². The first kappa shape index (κ1) is 11.7. The number of aromatic nitrogens is 1. The number of hydrogen-bond acceptors (Lipinski definition) is 1. The Balaban J connectivity index is 0.00000112. The van der Waals surface area contributed by atoms with Crippen molar-refractivity contribution in [2.24, 2.45) is 0 Å². The molecule has 1 heterocycles. The Morgan fingerprint density at radius 2 is 1.53 bits per heavy atom. The van der Waals surface area contributed by atoms with Crippen LogP contribution in [-0.4, -0.2) is 0 Å². The largest absolute Gasteiger partial charge is 0.398 e. The van der Waals surface area contributed by atoms with E-state index in [0.717, 1.165) is 12.2 Å². The molecule has 0 aliphatic carbocycles. The first-order chi connectivity index (χ1) is 6.84. The highest BCUT2D eigenvalue weighted by Crippen LogP contribution is 1.99. The van der Waals surface area contributed by atoms with E-state index in [1.807, 2.05) is 42.7 Å². The van der Waals surface area contributed by atoms with Crippen LogP contribution in [0.4, 0.5) is 5.69 Å². The van der Waals surface area contributed by atoms with Gasteiger partial charge in [0.25, 0.3) is 0 Å². The maximum atomic E-state index is 5.61. The summed E-state index contributed by atoms with van der Waals surface area (Å²) in [6.45, 7) is 0.890. The summed E-state index contributed by atoms with van der Waals surface area (Å²) < 4.78 is 2.10. The zero-order chi connectivity index (χ0) is 9.80. The van der Waals surface area contributed by atoms with Crippen molar-refractivity contribution >= 4 is 22.7 Å². The monoisotopic (exact) mass is 265 g/mol. The van der Waals surface area contributed by atoms with Gasteiger partial charge < -0.3 is 5.73 Å². The highest BCUT2D eigenvalue weighted by molar-refractivity contribution is 8.93. The topological polar surface area (TPSA) is 29.9 Å². The molecule has 2 N–H and O–H groups in total. The second kappa shape index (κ2) is 5.51. The first-order valence-corrected chi connectivity index (χ1v) is 4.63. The van der Waals surface area contributed by atoms with Crippen molar-refractivity contribution in [3.05, 3.63) is 60.4 Å². The zero-order valence-electron chi connectivity index (χ0n) is 8.34. The van der Waals surface area contributed by atoms with Crippen LogP contribution in [0.5, 0.6) is 0 Å². The minimum Gasteiger partial charge on any atom is -0.398 e. The van der Waals surface area contributed by atoms with Crippen molar-refractivity contribution in [1.82, 2.24) is 0 Å². The molecule has 1 aromatic heterocycles. The molecule has 15 heavy (non-hydrogen) atoms. The third-order valence-electron chi connectivity index (χ3n) is 2.12. The molecule has 2 aromatic rings. The number of rotatable bonds is 2. The molecule has 0 aliphatic rings. The van der Waals surface area contributed by atoms with E-state index in [0.29, 0.717) is 0 Å². The number of hydrogen-bond donors (Lipinski definition) is 1. The first-order valence-electron chi connectivity index (χ1n) is 4.63. The van der Waals surface area contributed by atoms with Crippen LogP contribution in [0, 0.1) is 0 Å². The second-order valence-corrected chi connectivity index (χ2v) is 3.29. The maximum Gasteiger partial charge on any atom is 0.173 e. The molecule has 2 nitrogen and oxygen atoms in total. The summed E-state index contributed by atoms with van der Waals surface area (Å²) in [5.41, 5.74) is 7.70. The van der Waals surface area contributed by atoms with Crippen molar-refractivity contribution in [3.8, 4) is 0 Å². The second-order valence-electron chi connectivity index (χ2n) is 3.29. The van der Waals surface area contributed by atoms with E-state index in [-0.39, 0.29) is 17.0 Å². The number of anilines is 1. The Morgan fingerprint density at radius 1 is 0.933 bits per heavy atom. The fourth-order valence-electron chi connectivity index (χ4n) is 1.37. The lowest BCUT2D eigenvalue weighted by atomic mass is 10.2. The molecule has 3 heteroatoms. The average molecular weight is 266 g/mol. The lowest BCUT2D eigenvalue weighted by molar-refractivity contribution is -0.688. The molecule has 2 rings (SSSR count). The standard InChI is InChI=1S/C12H12N2.BrH/c13-12-6-8-14(9-7-12)10-11-4-2-1-3-5-11;/h1-9,13H,10H2;1H/p+1. The van der Waals surface area contributed by atoms with Gasteiger partial charge in [-0.3, -0.25) is 0 Å². The third-order valence-corrected chi connectivity index (χ3v) is 2.12. The SMILES string of the molecule is Br.Nc1cc[n+](Cc2ccccc2)cc1. The van der Waals surface area contributed by atoms with Gasteiger partial charge >= 0.3 is 0 Å². The van der Waals surface area contributed by atoms with Crippen LogP contribution in [0.2, 0.25) is 0 Å². The van der Waals surface area contributed by atoms with Gasteiger partial charge in [-0.25, -0.2) is 4.57 Å². The lowest BCUT2D eigenvalue weighted by Gasteiger charge is -1.97. The molecule has 0 bridgehead atoms. The number of pyridine rings is 1. The number of nitrogens with zero attached hydrogens (tertiary/aromatic N) is 1. The Bertz CT molecular complexity index is 398. The fraction of sp³-hybridized carbons (Fsp3) is 0.0833.